The monoisotopic (exact) mass is 470 g/mol. The van der Waals surface area contributed by atoms with Crippen LogP contribution in [0.5, 0.6) is 11.5 Å². The summed E-state index contributed by atoms with van der Waals surface area (Å²) in [5.74, 6) is 0.114. The number of nitrogens with one attached hydrogen (secondary N) is 1. The van der Waals surface area contributed by atoms with Gasteiger partial charge in [0.1, 0.15) is 11.5 Å². The first-order valence-corrected chi connectivity index (χ1v) is 9.79. The molecular weight excluding hydrogens is 452 g/mol. The lowest BCUT2D eigenvalue weighted by Gasteiger charge is -2.11. The van der Waals surface area contributed by atoms with Crippen molar-refractivity contribution in [3.8, 4) is 11.5 Å². The fourth-order valence-electron chi connectivity index (χ4n) is 2.68. The lowest BCUT2D eigenvalue weighted by Crippen LogP contribution is -2.25. The number of hydrogen-bond donors (Lipinski definition) is 1. The van der Waals surface area contributed by atoms with E-state index in [1.54, 1.807) is 30.3 Å². The van der Waals surface area contributed by atoms with Gasteiger partial charge in [-0.15, -0.1) is 0 Å². The second kappa shape index (κ2) is 9.89. The molecule has 0 aliphatic heterocycles. The summed E-state index contributed by atoms with van der Waals surface area (Å²) in [6, 6.07) is 13.7. The number of amides is 1. The van der Waals surface area contributed by atoms with Crippen LogP contribution in [0.25, 0.3) is 0 Å². The van der Waals surface area contributed by atoms with E-state index in [0.29, 0.717) is 17.1 Å². The van der Waals surface area contributed by atoms with Gasteiger partial charge in [0.05, 0.1) is 12.5 Å². The van der Waals surface area contributed by atoms with Crippen LogP contribution >= 0.6 is 15.9 Å². The first-order chi connectivity index (χ1) is 14.4. The second-order valence-corrected chi connectivity index (χ2v) is 7.31. The molecule has 1 aromatic heterocycles. The van der Waals surface area contributed by atoms with Crippen molar-refractivity contribution >= 4 is 34.0 Å². The van der Waals surface area contributed by atoms with Crippen LogP contribution in [0.4, 0.5) is 0 Å². The van der Waals surface area contributed by atoms with Crippen LogP contribution in [0.15, 0.2) is 68.8 Å². The van der Waals surface area contributed by atoms with Gasteiger partial charge in [0.25, 0.3) is 5.91 Å². The molecule has 0 fully saturated rings. The van der Waals surface area contributed by atoms with Crippen molar-refractivity contribution in [1.29, 1.82) is 0 Å². The molecule has 1 amide bonds. The molecule has 3 aromatic rings. The molecule has 1 heterocycles. The van der Waals surface area contributed by atoms with Crippen molar-refractivity contribution in [1.82, 2.24) is 5.43 Å². The summed E-state index contributed by atoms with van der Waals surface area (Å²) in [6.07, 6.45) is 2.84. The number of furan rings is 1. The van der Waals surface area contributed by atoms with Crippen molar-refractivity contribution in [2.75, 3.05) is 6.61 Å². The summed E-state index contributed by atoms with van der Waals surface area (Å²) >= 11 is 3.43. The molecule has 154 valence electrons. The first kappa shape index (κ1) is 21.3. The third kappa shape index (κ3) is 5.81. The van der Waals surface area contributed by atoms with Crippen LogP contribution in [0.3, 0.4) is 0 Å². The molecule has 0 saturated heterocycles. The number of ether oxygens (including phenoxy) is 2. The third-order valence-corrected chi connectivity index (χ3v) is 4.42. The molecule has 1 N–H and O–H groups in total. The highest BCUT2D eigenvalue weighted by Crippen LogP contribution is 2.27. The number of hydrazone groups is 1. The standard InChI is InChI=1S/C22H19BrN2O5/c1-14-9-17(23)10-15(2)21(14)29-13-20(26)25-24-12-16-5-3-6-18(11-16)30-22(27)19-7-4-8-28-19/h3-12H,13H2,1-2H3,(H,25,26)/b24-12+. The summed E-state index contributed by atoms with van der Waals surface area (Å²) in [6.45, 7) is 3.66. The van der Waals surface area contributed by atoms with Crippen LogP contribution < -0.4 is 14.9 Å². The molecule has 0 aliphatic carbocycles. The molecule has 0 radical (unpaired) electrons. The van der Waals surface area contributed by atoms with Gasteiger partial charge in [-0.3, -0.25) is 4.79 Å². The number of carbonyl (C=O) groups excluding carboxylic acids is 2. The molecule has 0 saturated carbocycles. The maximum atomic E-state index is 12.0. The molecule has 0 bridgehead atoms. The molecule has 0 atom stereocenters. The minimum atomic E-state index is -0.599. The van der Waals surface area contributed by atoms with E-state index < -0.39 is 11.9 Å². The molecule has 8 heteroatoms. The van der Waals surface area contributed by atoms with Gasteiger partial charge in [0.15, 0.2) is 6.61 Å². The van der Waals surface area contributed by atoms with Gasteiger partial charge in [0, 0.05) is 4.47 Å². The molecule has 30 heavy (non-hydrogen) atoms. The molecule has 0 unspecified atom stereocenters. The van der Waals surface area contributed by atoms with Gasteiger partial charge in [-0.1, -0.05) is 28.1 Å². The predicted octanol–water partition coefficient (Wildman–Crippen LogP) is 4.41. The lowest BCUT2D eigenvalue weighted by molar-refractivity contribution is -0.123. The van der Waals surface area contributed by atoms with E-state index >= 15 is 0 Å². The number of rotatable bonds is 7. The minimum Gasteiger partial charge on any atom is -0.483 e. The Morgan fingerprint density at radius 1 is 1.13 bits per heavy atom. The summed E-state index contributed by atoms with van der Waals surface area (Å²) in [5, 5.41) is 3.91. The molecule has 0 aliphatic rings. The quantitative estimate of drug-likeness (QED) is 0.239. The van der Waals surface area contributed by atoms with E-state index in [1.807, 2.05) is 26.0 Å². The zero-order chi connectivity index (χ0) is 21.5. The highest BCUT2D eigenvalue weighted by Gasteiger charge is 2.11. The van der Waals surface area contributed by atoms with E-state index in [4.69, 9.17) is 13.9 Å². The van der Waals surface area contributed by atoms with Gasteiger partial charge in [-0.2, -0.15) is 5.10 Å². The number of esters is 1. The molecule has 0 spiro atoms. The Kier molecular flexibility index (Phi) is 7.03. The fourth-order valence-corrected chi connectivity index (χ4v) is 3.37. The molecular formula is C22H19BrN2O5. The molecule has 2 aromatic carbocycles. The lowest BCUT2D eigenvalue weighted by atomic mass is 10.1. The highest BCUT2D eigenvalue weighted by molar-refractivity contribution is 9.10. The number of hydrogen-bond acceptors (Lipinski definition) is 6. The highest BCUT2D eigenvalue weighted by atomic mass is 79.9. The fraction of sp³-hybridized carbons (Fsp3) is 0.136. The maximum absolute atomic E-state index is 12.0. The van der Waals surface area contributed by atoms with Crippen molar-refractivity contribution in [2.45, 2.75) is 13.8 Å². The van der Waals surface area contributed by atoms with Gasteiger partial charge in [0.2, 0.25) is 5.76 Å². The van der Waals surface area contributed by atoms with Gasteiger partial charge < -0.3 is 13.9 Å². The molecule has 7 nitrogen and oxygen atoms in total. The van der Waals surface area contributed by atoms with Crippen LogP contribution in [0.2, 0.25) is 0 Å². The van der Waals surface area contributed by atoms with Gasteiger partial charge in [-0.05, 0) is 66.9 Å². The summed E-state index contributed by atoms with van der Waals surface area (Å²) in [7, 11) is 0. The van der Waals surface area contributed by atoms with Crippen LogP contribution in [-0.2, 0) is 4.79 Å². The van der Waals surface area contributed by atoms with Gasteiger partial charge >= 0.3 is 5.97 Å². The average Bonchev–Trinajstić information content (AvgIpc) is 3.22. The van der Waals surface area contributed by atoms with Crippen molar-refractivity contribution in [2.24, 2.45) is 5.10 Å². The number of halogens is 1. The Morgan fingerprint density at radius 3 is 2.60 bits per heavy atom. The molecule has 3 rings (SSSR count). The van der Waals surface area contributed by atoms with E-state index in [0.717, 1.165) is 15.6 Å². The second-order valence-electron chi connectivity index (χ2n) is 6.39. The number of nitrogens with zero attached hydrogens (tertiary/aromatic N) is 1. The Morgan fingerprint density at radius 2 is 1.90 bits per heavy atom. The summed E-state index contributed by atoms with van der Waals surface area (Å²) in [5.41, 5.74) is 4.91. The van der Waals surface area contributed by atoms with Crippen LogP contribution in [0, 0.1) is 13.8 Å². The van der Waals surface area contributed by atoms with Crippen molar-refractivity contribution in [3.05, 3.63) is 81.7 Å². The SMILES string of the molecule is Cc1cc(Br)cc(C)c1OCC(=O)N/N=C/c1cccc(OC(=O)c2ccco2)c1. The zero-order valence-electron chi connectivity index (χ0n) is 16.3. The smallest absolute Gasteiger partial charge is 0.379 e. The Hall–Kier alpha value is -3.39. The normalized spacial score (nSPS) is 10.8. The Balaban J connectivity index is 1.52. The summed E-state index contributed by atoms with van der Waals surface area (Å²) in [4.78, 5) is 23.9. The topological polar surface area (TPSA) is 90.1 Å². The first-order valence-electron chi connectivity index (χ1n) is 8.99. The van der Waals surface area contributed by atoms with E-state index in [9.17, 15) is 9.59 Å². The van der Waals surface area contributed by atoms with E-state index in [1.165, 1.54) is 18.5 Å². The van der Waals surface area contributed by atoms with Crippen LogP contribution in [0.1, 0.15) is 27.2 Å². The Labute approximate surface area is 181 Å². The number of aryl methyl sites for hydroxylation is 2. The number of carbonyl (C=O) groups is 2. The van der Waals surface area contributed by atoms with Crippen LogP contribution in [-0.4, -0.2) is 24.7 Å². The third-order valence-electron chi connectivity index (χ3n) is 3.97. The largest absolute Gasteiger partial charge is 0.483 e. The van der Waals surface area contributed by atoms with E-state index in [-0.39, 0.29) is 12.4 Å². The summed E-state index contributed by atoms with van der Waals surface area (Å²) < 4.78 is 16.8. The predicted molar refractivity (Wildman–Crippen MR) is 115 cm³/mol. The van der Waals surface area contributed by atoms with Crippen molar-refractivity contribution < 1.29 is 23.5 Å². The zero-order valence-corrected chi connectivity index (χ0v) is 17.9. The van der Waals surface area contributed by atoms with Crippen molar-refractivity contribution in [3.63, 3.8) is 0 Å². The number of benzene rings is 2. The van der Waals surface area contributed by atoms with Gasteiger partial charge in [-0.25, -0.2) is 10.2 Å². The minimum absolute atomic E-state index is 0.109. The Bertz CT molecular complexity index is 1050. The van der Waals surface area contributed by atoms with E-state index in [2.05, 4.69) is 26.5 Å². The maximum Gasteiger partial charge on any atom is 0.379 e. The average molecular weight is 471 g/mol.